The number of carboxylic acid groups (broad SMARTS) is 1. The van der Waals surface area contributed by atoms with Crippen molar-refractivity contribution in [3.8, 4) is 0 Å². The summed E-state index contributed by atoms with van der Waals surface area (Å²) in [6.07, 6.45) is 1.49. The molecule has 0 bridgehead atoms. The van der Waals surface area contributed by atoms with E-state index in [1.54, 1.807) is 6.92 Å². The summed E-state index contributed by atoms with van der Waals surface area (Å²) in [5, 5.41) is 14.6. The monoisotopic (exact) mass is 247 g/mol. The lowest BCUT2D eigenvalue weighted by atomic mass is 10.2. The lowest BCUT2D eigenvalue weighted by molar-refractivity contribution is -0.141. The maximum Gasteiger partial charge on any atom is 0.321 e. The topological polar surface area (TPSA) is 103 Å². The van der Waals surface area contributed by atoms with Crippen molar-refractivity contribution in [2.24, 2.45) is 0 Å². The Balaban J connectivity index is 3.05. The van der Waals surface area contributed by atoms with Crippen molar-refractivity contribution >= 4 is 16.0 Å². The van der Waals surface area contributed by atoms with Gasteiger partial charge in [-0.3, -0.25) is 9.89 Å². The van der Waals surface area contributed by atoms with E-state index in [-0.39, 0.29) is 11.4 Å². The van der Waals surface area contributed by atoms with Gasteiger partial charge in [0.05, 0.1) is 6.20 Å². The van der Waals surface area contributed by atoms with Crippen molar-refractivity contribution in [2.75, 3.05) is 7.05 Å². The second-order valence-electron chi connectivity index (χ2n) is 3.20. The van der Waals surface area contributed by atoms with Crippen LogP contribution in [0.4, 0.5) is 0 Å². The fourth-order valence-electron chi connectivity index (χ4n) is 1.30. The third-order valence-corrected chi connectivity index (χ3v) is 4.04. The number of hydrogen-bond donors (Lipinski definition) is 2. The average molecular weight is 247 g/mol. The number of nitrogens with zero attached hydrogens (tertiary/aromatic N) is 2. The third-order valence-electron chi connectivity index (χ3n) is 2.24. The average Bonchev–Trinajstić information content (AvgIpc) is 2.71. The lowest BCUT2D eigenvalue weighted by Gasteiger charge is -2.21. The van der Waals surface area contributed by atoms with Crippen molar-refractivity contribution in [1.29, 1.82) is 0 Å². The van der Waals surface area contributed by atoms with Crippen molar-refractivity contribution < 1.29 is 18.3 Å². The second-order valence-corrected chi connectivity index (χ2v) is 5.17. The van der Waals surface area contributed by atoms with Crippen LogP contribution in [0.15, 0.2) is 17.3 Å². The van der Waals surface area contributed by atoms with Crippen LogP contribution in [0.5, 0.6) is 0 Å². The summed E-state index contributed by atoms with van der Waals surface area (Å²) in [5.41, 5.74) is 0. The summed E-state index contributed by atoms with van der Waals surface area (Å²) in [6, 6.07) is 0.203. The number of carboxylic acids is 1. The molecular weight excluding hydrogens is 234 g/mol. The summed E-state index contributed by atoms with van der Waals surface area (Å²) in [7, 11) is -2.58. The lowest BCUT2D eigenvalue weighted by Crippen LogP contribution is -2.42. The van der Waals surface area contributed by atoms with Gasteiger partial charge in [-0.15, -0.1) is 0 Å². The number of rotatable bonds is 5. The molecule has 1 rings (SSSR count). The van der Waals surface area contributed by atoms with Gasteiger partial charge in [-0.1, -0.05) is 6.92 Å². The normalized spacial score (nSPS) is 13.9. The van der Waals surface area contributed by atoms with Crippen LogP contribution in [0.3, 0.4) is 0 Å². The Morgan fingerprint density at radius 3 is 2.69 bits per heavy atom. The first-order valence-corrected chi connectivity index (χ1v) is 6.05. The SMILES string of the molecule is CCC(C(=O)O)N(C)S(=O)(=O)c1ccn[nH]1. The highest BCUT2D eigenvalue weighted by Crippen LogP contribution is 2.15. The molecule has 0 aliphatic rings. The molecule has 8 heteroatoms. The number of hydrogen-bond acceptors (Lipinski definition) is 4. The van der Waals surface area contributed by atoms with E-state index in [0.29, 0.717) is 0 Å². The molecule has 0 aromatic carbocycles. The van der Waals surface area contributed by atoms with Crippen molar-refractivity contribution in [3.05, 3.63) is 12.3 Å². The molecule has 1 atom stereocenters. The van der Waals surface area contributed by atoms with Crippen molar-refractivity contribution in [1.82, 2.24) is 14.5 Å². The molecule has 0 fully saturated rings. The van der Waals surface area contributed by atoms with Gasteiger partial charge in [0.2, 0.25) is 0 Å². The van der Waals surface area contributed by atoms with E-state index < -0.39 is 22.0 Å². The number of likely N-dealkylation sites (N-methyl/N-ethyl adjacent to an activating group) is 1. The number of nitrogens with one attached hydrogen (secondary N) is 1. The Morgan fingerprint density at radius 2 is 2.31 bits per heavy atom. The van der Waals surface area contributed by atoms with Crippen LogP contribution >= 0.6 is 0 Å². The Morgan fingerprint density at radius 1 is 1.69 bits per heavy atom. The Kier molecular flexibility index (Phi) is 3.66. The Labute approximate surface area is 93.1 Å². The smallest absolute Gasteiger partial charge is 0.321 e. The summed E-state index contributed by atoms with van der Waals surface area (Å²) in [5.74, 6) is -1.17. The van der Waals surface area contributed by atoms with Gasteiger partial charge < -0.3 is 5.11 Å². The highest BCUT2D eigenvalue weighted by molar-refractivity contribution is 7.89. The minimum Gasteiger partial charge on any atom is -0.480 e. The summed E-state index contributed by atoms with van der Waals surface area (Å²) >= 11 is 0. The van der Waals surface area contributed by atoms with E-state index in [1.807, 2.05) is 0 Å². The van der Waals surface area contributed by atoms with Gasteiger partial charge in [-0.25, -0.2) is 8.42 Å². The van der Waals surface area contributed by atoms with Crippen LogP contribution in [-0.2, 0) is 14.8 Å². The van der Waals surface area contributed by atoms with Crippen LogP contribution in [0.1, 0.15) is 13.3 Å². The van der Waals surface area contributed by atoms with E-state index in [2.05, 4.69) is 10.2 Å². The molecule has 2 N–H and O–H groups in total. The predicted molar refractivity (Wildman–Crippen MR) is 55.3 cm³/mol. The number of aliphatic carboxylic acids is 1. The molecule has 1 aromatic heterocycles. The molecule has 0 radical (unpaired) electrons. The van der Waals surface area contributed by atoms with E-state index in [0.717, 1.165) is 4.31 Å². The highest BCUT2D eigenvalue weighted by atomic mass is 32.2. The number of H-pyrrole nitrogens is 1. The molecule has 1 aromatic rings. The molecule has 90 valence electrons. The Hall–Kier alpha value is -1.41. The first kappa shape index (κ1) is 12.7. The first-order valence-electron chi connectivity index (χ1n) is 4.61. The van der Waals surface area contributed by atoms with E-state index in [9.17, 15) is 13.2 Å². The minimum absolute atomic E-state index is 0.116. The maximum atomic E-state index is 11.9. The van der Waals surface area contributed by atoms with E-state index >= 15 is 0 Å². The molecule has 0 aliphatic carbocycles. The van der Waals surface area contributed by atoms with Crippen LogP contribution in [-0.4, -0.2) is 47.1 Å². The van der Waals surface area contributed by atoms with Gasteiger partial charge in [-0.05, 0) is 12.5 Å². The van der Waals surface area contributed by atoms with E-state index in [1.165, 1.54) is 19.3 Å². The van der Waals surface area contributed by atoms with Gasteiger partial charge in [0.1, 0.15) is 6.04 Å². The molecule has 7 nitrogen and oxygen atoms in total. The molecule has 0 amide bonds. The molecule has 16 heavy (non-hydrogen) atoms. The van der Waals surface area contributed by atoms with E-state index in [4.69, 9.17) is 5.11 Å². The highest BCUT2D eigenvalue weighted by Gasteiger charge is 2.32. The molecule has 0 aliphatic heterocycles. The molecule has 1 heterocycles. The summed E-state index contributed by atoms with van der Waals surface area (Å²) in [4.78, 5) is 10.9. The molecule has 0 saturated heterocycles. The molecule has 0 spiro atoms. The molecular formula is C8H13N3O4S. The number of carbonyl (C=O) groups is 1. The van der Waals surface area contributed by atoms with Gasteiger partial charge in [0, 0.05) is 7.05 Å². The zero-order chi connectivity index (χ0) is 12.3. The number of aromatic amines is 1. The van der Waals surface area contributed by atoms with Gasteiger partial charge in [0.15, 0.2) is 5.03 Å². The van der Waals surface area contributed by atoms with Crippen LogP contribution in [0.25, 0.3) is 0 Å². The standard InChI is InChI=1S/C8H13N3O4S/c1-3-6(8(12)13)11(2)16(14,15)7-4-5-9-10-7/h4-6H,3H2,1-2H3,(H,9,10)(H,12,13). The Bertz CT molecular complexity index is 454. The fraction of sp³-hybridized carbons (Fsp3) is 0.500. The van der Waals surface area contributed by atoms with Crippen LogP contribution < -0.4 is 0 Å². The number of aromatic nitrogens is 2. The van der Waals surface area contributed by atoms with Gasteiger partial charge in [-0.2, -0.15) is 9.40 Å². The fourth-order valence-corrected chi connectivity index (χ4v) is 2.58. The van der Waals surface area contributed by atoms with Gasteiger partial charge in [0.25, 0.3) is 10.0 Å². The summed E-state index contributed by atoms with van der Waals surface area (Å²) in [6.45, 7) is 1.61. The predicted octanol–water partition coefficient (Wildman–Crippen LogP) is -0.107. The largest absolute Gasteiger partial charge is 0.480 e. The van der Waals surface area contributed by atoms with Crippen molar-refractivity contribution in [3.63, 3.8) is 0 Å². The zero-order valence-corrected chi connectivity index (χ0v) is 9.73. The quantitative estimate of drug-likeness (QED) is 0.755. The second kappa shape index (κ2) is 4.62. The van der Waals surface area contributed by atoms with Crippen LogP contribution in [0, 0.1) is 0 Å². The number of sulfonamides is 1. The summed E-state index contributed by atoms with van der Waals surface area (Å²) < 4.78 is 24.6. The molecule has 0 saturated carbocycles. The van der Waals surface area contributed by atoms with Crippen molar-refractivity contribution in [2.45, 2.75) is 24.4 Å². The minimum atomic E-state index is -3.82. The zero-order valence-electron chi connectivity index (χ0n) is 8.91. The maximum absolute atomic E-state index is 11.9. The van der Waals surface area contributed by atoms with Gasteiger partial charge >= 0.3 is 5.97 Å². The third kappa shape index (κ3) is 2.22. The first-order chi connectivity index (χ1) is 7.41. The van der Waals surface area contributed by atoms with Crippen LogP contribution in [0.2, 0.25) is 0 Å². The molecule has 1 unspecified atom stereocenters.